The van der Waals surface area contributed by atoms with Crippen LogP contribution in [-0.2, 0) is 27.9 Å². The van der Waals surface area contributed by atoms with Crippen LogP contribution in [0.4, 0.5) is 5.69 Å². The van der Waals surface area contributed by atoms with Crippen molar-refractivity contribution in [2.24, 2.45) is 7.05 Å². The van der Waals surface area contributed by atoms with Crippen molar-refractivity contribution < 1.29 is 14.3 Å². The summed E-state index contributed by atoms with van der Waals surface area (Å²) in [6, 6.07) is 14.5. The summed E-state index contributed by atoms with van der Waals surface area (Å²) in [5.74, 6) is -0.977. The van der Waals surface area contributed by atoms with Gasteiger partial charge in [0.1, 0.15) is 0 Å². The van der Waals surface area contributed by atoms with Gasteiger partial charge < -0.3 is 10.1 Å². The van der Waals surface area contributed by atoms with Gasteiger partial charge in [0, 0.05) is 18.1 Å². The van der Waals surface area contributed by atoms with Crippen molar-refractivity contribution in [3.05, 3.63) is 63.5 Å². The first-order valence-electron chi connectivity index (χ1n) is 8.31. The Hall–Kier alpha value is -2.87. The monoisotopic (exact) mass is 431 g/mol. The van der Waals surface area contributed by atoms with Crippen LogP contribution >= 0.6 is 15.9 Å². The lowest BCUT2D eigenvalue weighted by Crippen LogP contribution is -2.25. The Labute approximate surface area is 163 Å². The van der Waals surface area contributed by atoms with E-state index in [0.717, 1.165) is 15.5 Å². The van der Waals surface area contributed by atoms with Gasteiger partial charge in [-0.2, -0.15) is 0 Å². The van der Waals surface area contributed by atoms with E-state index in [-0.39, 0.29) is 25.3 Å². The lowest BCUT2D eigenvalue weighted by molar-refractivity contribution is -0.147. The molecule has 0 atom stereocenters. The zero-order valence-electron chi connectivity index (χ0n) is 14.6. The fourth-order valence-electron chi connectivity index (χ4n) is 2.75. The number of fused-ring (bicyclic) bond motifs is 1. The number of halogens is 1. The summed E-state index contributed by atoms with van der Waals surface area (Å²) in [6.45, 7) is -0.199. The zero-order valence-corrected chi connectivity index (χ0v) is 16.2. The Morgan fingerprint density at radius 3 is 2.48 bits per heavy atom. The SMILES string of the molecule is Cn1c(=O)n(CCC(=O)OCC(=O)Nc2ccccc2Br)c2ccccc21. The number of rotatable bonds is 6. The average molecular weight is 432 g/mol. The molecule has 1 aromatic heterocycles. The minimum absolute atomic E-state index is 0.00374. The molecule has 1 N–H and O–H groups in total. The van der Waals surface area contributed by atoms with Gasteiger partial charge in [0.15, 0.2) is 6.61 Å². The van der Waals surface area contributed by atoms with Crippen molar-refractivity contribution in [2.75, 3.05) is 11.9 Å². The van der Waals surface area contributed by atoms with Crippen LogP contribution in [0.5, 0.6) is 0 Å². The van der Waals surface area contributed by atoms with Gasteiger partial charge in [-0.15, -0.1) is 0 Å². The van der Waals surface area contributed by atoms with E-state index in [1.807, 2.05) is 30.3 Å². The topological polar surface area (TPSA) is 82.3 Å². The second-order valence-electron chi connectivity index (χ2n) is 5.92. The number of aryl methyl sites for hydroxylation is 2. The van der Waals surface area contributed by atoms with Crippen LogP contribution in [0.15, 0.2) is 57.8 Å². The number of nitrogens with zero attached hydrogens (tertiary/aromatic N) is 2. The first kappa shape index (κ1) is 18.9. The number of hydrogen-bond acceptors (Lipinski definition) is 4. The van der Waals surface area contributed by atoms with Gasteiger partial charge >= 0.3 is 11.7 Å². The highest BCUT2D eigenvalue weighted by Crippen LogP contribution is 2.20. The smallest absolute Gasteiger partial charge is 0.328 e. The normalized spacial score (nSPS) is 10.7. The average Bonchev–Trinajstić information content (AvgIpc) is 2.91. The van der Waals surface area contributed by atoms with Crippen molar-refractivity contribution >= 4 is 44.5 Å². The van der Waals surface area contributed by atoms with Crippen LogP contribution in [0.3, 0.4) is 0 Å². The molecule has 1 amide bonds. The van der Waals surface area contributed by atoms with Gasteiger partial charge in [-0.05, 0) is 40.2 Å². The summed E-state index contributed by atoms with van der Waals surface area (Å²) < 4.78 is 8.80. The Kier molecular flexibility index (Phi) is 5.75. The molecule has 8 heteroatoms. The third kappa shape index (κ3) is 4.28. The van der Waals surface area contributed by atoms with E-state index in [2.05, 4.69) is 21.2 Å². The van der Waals surface area contributed by atoms with E-state index in [9.17, 15) is 14.4 Å². The summed E-state index contributed by atoms with van der Waals surface area (Å²) >= 11 is 3.33. The minimum atomic E-state index is -0.544. The molecule has 0 aliphatic rings. The fraction of sp³-hybridized carbons (Fsp3) is 0.211. The number of carbonyl (C=O) groups excluding carboxylic acids is 2. The largest absolute Gasteiger partial charge is 0.456 e. The third-order valence-electron chi connectivity index (χ3n) is 4.10. The van der Waals surface area contributed by atoms with E-state index >= 15 is 0 Å². The van der Waals surface area contributed by atoms with Gasteiger partial charge in [0.25, 0.3) is 5.91 Å². The first-order valence-corrected chi connectivity index (χ1v) is 9.11. The van der Waals surface area contributed by atoms with Gasteiger partial charge in [0.2, 0.25) is 0 Å². The number of ether oxygens (including phenoxy) is 1. The van der Waals surface area contributed by atoms with Crippen molar-refractivity contribution in [3.63, 3.8) is 0 Å². The molecular weight excluding hydrogens is 414 g/mol. The van der Waals surface area contributed by atoms with E-state index in [0.29, 0.717) is 5.69 Å². The van der Waals surface area contributed by atoms with Gasteiger partial charge in [-0.1, -0.05) is 24.3 Å². The second-order valence-corrected chi connectivity index (χ2v) is 6.77. The molecule has 7 nitrogen and oxygen atoms in total. The maximum Gasteiger partial charge on any atom is 0.328 e. The number of carbonyl (C=O) groups is 2. The molecule has 0 aliphatic heterocycles. The molecule has 3 aromatic rings. The zero-order chi connectivity index (χ0) is 19.4. The number of nitrogens with one attached hydrogen (secondary N) is 1. The molecule has 140 valence electrons. The Balaban J connectivity index is 1.55. The number of imidazole rings is 1. The fourth-order valence-corrected chi connectivity index (χ4v) is 3.13. The summed E-state index contributed by atoms with van der Waals surface area (Å²) in [4.78, 5) is 36.2. The van der Waals surface area contributed by atoms with Crippen LogP contribution in [0.2, 0.25) is 0 Å². The van der Waals surface area contributed by atoms with Crippen LogP contribution in [0, 0.1) is 0 Å². The van der Waals surface area contributed by atoms with Crippen molar-refractivity contribution in [2.45, 2.75) is 13.0 Å². The van der Waals surface area contributed by atoms with E-state index < -0.39 is 11.9 Å². The molecule has 27 heavy (non-hydrogen) atoms. The Morgan fingerprint density at radius 1 is 1.07 bits per heavy atom. The van der Waals surface area contributed by atoms with Crippen LogP contribution in [-0.4, -0.2) is 27.6 Å². The summed E-state index contributed by atoms with van der Waals surface area (Å²) in [5, 5.41) is 2.65. The third-order valence-corrected chi connectivity index (χ3v) is 4.79. The Morgan fingerprint density at radius 2 is 1.74 bits per heavy atom. The molecule has 0 unspecified atom stereocenters. The van der Waals surface area contributed by atoms with E-state index in [4.69, 9.17) is 4.74 Å². The van der Waals surface area contributed by atoms with Crippen molar-refractivity contribution in [3.8, 4) is 0 Å². The number of hydrogen-bond donors (Lipinski definition) is 1. The molecule has 1 heterocycles. The van der Waals surface area contributed by atoms with Gasteiger partial charge in [0.05, 0.1) is 23.1 Å². The number of para-hydroxylation sites is 3. The maximum atomic E-state index is 12.3. The number of aromatic nitrogens is 2. The predicted octanol–water partition coefficient (Wildman–Crippen LogP) is 2.67. The summed E-state index contributed by atoms with van der Waals surface area (Å²) in [6.07, 6.45) is -0.00374. The van der Waals surface area contributed by atoms with E-state index in [1.54, 1.807) is 25.2 Å². The van der Waals surface area contributed by atoms with Gasteiger partial charge in [-0.25, -0.2) is 4.79 Å². The van der Waals surface area contributed by atoms with Crippen molar-refractivity contribution in [1.29, 1.82) is 0 Å². The lowest BCUT2D eigenvalue weighted by Gasteiger charge is -2.08. The number of benzene rings is 2. The standard InChI is InChI=1S/C19H18BrN3O4/c1-22-15-8-4-5-9-16(15)23(19(22)26)11-10-18(25)27-12-17(24)21-14-7-3-2-6-13(14)20/h2-9H,10-12H2,1H3,(H,21,24). The lowest BCUT2D eigenvalue weighted by atomic mass is 10.3. The van der Waals surface area contributed by atoms with Crippen LogP contribution in [0.1, 0.15) is 6.42 Å². The highest BCUT2D eigenvalue weighted by Gasteiger charge is 2.13. The molecule has 0 bridgehead atoms. The summed E-state index contributed by atoms with van der Waals surface area (Å²) in [7, 11) is 1.69. The molecule has 0 radical (unpaired) electrons. The minimum Gasteiger partial charge on any atom is -0.456 e. The van der Waals surface area contributed by atoms with Crippen LogP contribution < -0.4 is 11.0 Å². The molecule has 0 aliphatic carbocycles. The van der Waals surface area contributed by atoms with Gasteiger partial charge in [-0.3, -0.25) is 18.7 Å². The van der Waals surface area contributed by atoms with E-state index in [1.165, 1.54) is 9.13 Å². The highest BCUT2D eigenvalue weighted by molar-refractivity contribution is 9.10. The number of esters is 1. The second kappa shape index (κ2) is 8.22. The Bertz CT molecular complexity index is 1050. The molecular formula is C19H18BrN3O4. The quantitative estimate of drug-likeness (QED) is 0.608. The molecule has 0 spiro atoms. The first-order chi connectivity index (χ1) is 13.0. The molecule has 0 saturated heterocycles. The molecule has 0 saturated carbocycles. The number of amides is 1. The highest BCUT2D eigenvalue weighted by atomic mass is 79.9. The van der Waals surface area contributed by atoms with Crippen molar-refractivity contribution in [1.82, 2.24) is 9.13 Å². The predicted molar refractivity (Wildman–Crippen MR) is 106 cm³/mol. The molecule has 2 aromatic carbocycles. The molecule has 0 fully saturated rings. The summed E-state index contributed by atoms with van der Waals surface area (Å²) in [5.41, 5.74) is 1.95. The maximum absolute atomic E-state index is 12.3. The number of anilines is 1. The van der Waals surface area contributed by atoms with Crippen LogP contribution in [0.25, 0.3) is 11.0 Å². The molecule has 3 rings (SSSR count).